The summed E-state index contributed by atoms with van der Waals surface area (Å²) in [6.07, 6.45) is 5.99. The van der Waals surface area contributed by atoms with Gasteiger partial charge in [-0.1, -0.05) is 0 Å². The quantitative estimate of drug-likeness (QED) is 0.769. The van der Waals surface area contributed by atoms with Crippen molar-refractivity contribution in [2.24, 2.45) is 0 Å². The third-order valence-corrected chi connectivity index (χ3v) is 5.94. The van der Waals surface area contributed by atoms with E-state index in [-0.39, 0.29) is 0 Å². The number of piperidine rings is 1. The van der Waals surface area contributed by atoms with Gasteiger partial charge < -0.3 is 10.6 Å². The van der Waals surface area contributed by atoms with Crippen LogP contribution in [0.25, 0.3) is 16.4 Å². The molecule has 0 aliphatic carbocycles. The number of nitrogen functional groups attached to an aromatic ring is 1. The summed E-state index contributed by atoms with van der Waals surface area (Å²) in [5.41, 5.74) is 10.6. The molecule has 6 rings (SSSR count). The Morgan fingerprint density at radius 2 is 2.16 bits per heavy atom. The fourth-order valence-corrected chi connectivity index (χ4v) is 4.68. The zero-order chi connectivity index (χ0) is 17.0. The molecule has 1 saturated heterocycles. The molecule has 3 aromatic rings. The van der Waals surface area contributed by atoms with Crippen LogP contribution in [0.4, 0.5) is 11.5 Å². The van der Waals surface area contributed by atoms with Crippen LogP contribution < -0.4 is 10.6 Å². The van der Waals surface area contributed by atoms with E-state index in [0.29, 0.717) is 17.3 Å². The maximum Gasteiger partial charge on any atom is 0.193 e. The molecule has 0 amide bonds. The van der Waals surface area contributed by atoms with Crippen molar-refractivity contribution in [3.8, 4) is 22.5 Å². The Kier molecular flexibility index (Phi) is 3.09. The van der Waals surface area contributed by atoms with E-state index in [0.717, 1.165) is 53.7 Å². The lowest BCUT2D eigenvalue weighted by Crippen LogP contribution is -2.40. The molecule has 3 aromatic heterocycles. The van der Waals surface area contributed by atoms with Crippen molar-refractivity contribution < 1.29 is 0 Å². The summed E-state index contributed by atoms with van der Waals surface area (Å²) in [7, 11) is 0. The van der Waals surface area contributed by atoms with E-state index in [1.54, 1.807) is 17.5 Å². The fraction of sp³-hybridized carbons (Fsp3) is 0.278. The minimum Gasteiger partial charge on any atom is -0.383 e. The Hall–Kier alpha value is -2.85. The highest BCUT2D eigenvalue weighted by atomic mass is 32.1. The molecule has 6 nitrogen and oxygen atoms in total. The van der Waals surface area contributed by atoms with Crippen LogP contribution in [-0.4, -0.2) is 27.6 Å². The van der Waals surface area contributed by atoms with E-state index in [1.807, 2.05) is 28.3 Å². The molecule has 25 heavy (non-hydrogen) atoms. The van der Waals surface area contributed by atoms with Crippen molar-refractivity contribution in [2.75, 3.05) is 23.7 Å². The van der Waals surface area contributed by atoms with Crippen LogP contribution in [-0.2, 0) is 0 Å². The molecular formula is C18H16N6S. The molecule has 0 aromatic carbocycles. The number of rotatable bonds is 2. The average Bonchev–Trinajstić information content (AvgIpc) is 3.32. The van der Waals surface area contributed by atoms with E-state index in [2.05, 4.69) is 20.9 Å². The highest BCUT2D eigenvalue weighted by molar-refractivity contribution is 7.12. The van der Waals surface area contributed by atoms with Gasteiger partial charge in [0.1, 0.15) is 17.5 Å². The van der Waals surface area contributed by atoms with Gasteiger partial charge in [0.2, 0.25) is 0 Å². The number of aromatic nitrogens is 3. The second-order valence-electron chi connectivity index (χ2n) is 6.43. The average molecular weight is 348 g/mol. The van der Waals surface area contributed by atoms with Gasteiger partial charge in [0.05, 0.1) is 17.1 Å². The van der Waals surface area contributed by atoms with Crippen LogP contribution in [0.5, 0.6) is 0 Å². The van der Waals surface area contributed by atoms with Gasteiger partial charge in [-0.3, -0.25) is 4.57 Å². The fourth-order valence-electron chi connectivity index (χ4n) is 4.04. The van der Waals surface area contributed by atoms with E-state index >= 15 is 0 Å². The molecular weight excluding hydrogens is 332 g/mol. The number of nitrogens with zero attached hydrogens (tertiary/aromatic N) is 5. The second-order valence-corrected chi connectivity index (χ2v) is 7.31. The number of nitriles is 1. The minimum atomic E-state index is 0.330. The predicted octanol–water partition coefficient (Wildman–Crippen LogP) is 3.15. The summed E-state index contributed by atoms with van der Waals surface area (Å²) >= 11 is 1.57. The van der Waals surface area contributed by atoms with E-state index in [9.17, 15) is 5.26 Å². The predicted molar refractivity (Wildman–Crippen MR) is 98.0 cm³/mol. The molecule has 2 bridgehead atoms. The van der Waals surface area contributed by atoms with E-state index < -0.39 is 0 Å². The van der Waals surface area contributed by atoms with E-state index in [4.69, 9.17) is 5.73 Å². The van der Waals surface area contributed by atoms with Crippen LogP contribution >= 0.6 is 11.3 Å². The van der Waals surface area contributed by atoms with Gasteiger partial charge in [0.25, 0.3) is 0 Å². The molecule has 124 valence electrons. The first-order valence-electron chi connectivity index (χ1n) is 8.34. The third-order valence-electron chi connectivity index (χ3n) is 5.17. The summed E-state index contributed by atoms with van der Waals surface area (Å²) in [4.78, 5) is 11.4. The number of nitrogens with two attached hydrogens (primary N) is 1. The lowest BCUT2D eigenvalue weighted by atomic mass is 9.83. The van der Waals surface area contributed by atoms with Gasteiger partial charge in [0.15, 0.2) is 5.13 Å². The van der Waals surface area contributed by atoms with Crippen LogP contribution in [0, 0.1) is 11.3 Å². The molecule has 2 N–H and O–H groups in total. The molecule has 0 radical (unpaired) electrons. The summed E-state index contributed by atoms with van der Waals surface area (Å²) in [6.45, 7) is 2.03. The minimum absolute atomic E-state index is 0.330. The first kappa shape index (κ1) is 14.5. The van der Waals surface area contributed by atoms with Crippen LogP contribution in [0.3, 0.4) is 0 Å². The Morgan fingerprint density at radius 1 is 1.32 bits per heavy atom. The second kappa shape index (κ2) is 5.33. The maximum absolute atomic E-state index is 9.78. The lowest BCUT2D eigenvalue weighted by molar-refractivity contribution is 0.465. The summed E-state index contributed by atoms with van der Waals surface area (Å²) in [5.74, 6) is 0.772. The summed E-state index contributed by atoms with van der Waals surface area (Å²) < 4.78 is 2.03. The number of hydrogen-bond donors (Lipinski definition) is 1. The number of thiazole rings is 1. The first-order valence-corrected chi connectivity index (χ1v) is 9.22. The van der Waals surface area contributed by atoms with Gasteiger partial charge in [0, 0.05) is 42.3 Å². The zero-order valence-corrected chi connectivity index (χ0v) is 14.3. The molecule has 7 heteroatoms. The van der Waals surface area contributed by atoms with Crippen molar-refractivity contribution in [3.63, 3.8) is 0 Å². The van der Waals surface area contributed by atoms with Gasteiger partial charge >= 0.3 is 0 Å². The SMILES string of the molecule is N#Cc1c(N)nc2c(c1-c1cccn1-c1nccs1)N1CCC2CC1. The highest BCUT2D eigenvalue weighted by Gasteiger charge is 2.36. The summed E-state index contributed by atoms with van der Waals surface area (Å²) in [6, 6.07) is 6.30. The van der Waals surface area contributed by atoms with Crippen molar-refractivity contribution in [3.05, 3.63) is 41.2 Å². The standard InChI is InChI=1S/C18H16N6S/c19-10-12-14(13-2-1-6-24(13)18-21-5-9-25-18)16-15(22-17(12)20)11-3-7-23(16)8-4-11/h1-2,5-6,9,11H,3-4,7-8H2,(H2,20,22). The molecule has 6 heterocycles. The molecule has 0 atom stereocenters. The number of pyridine rings is 1. The Morgan fingerprint density at radius 3 is 2.88 bits per heavy atom. The Labute approximate surface area is 149 Å². The monoisotopic (exact) mass is 348 g/mol. The smallest absolute Gasteiger partial charge is 0.193 e. The van der Waals surface area contributed by atoms with Crippen molar-refractivity contribution in [2.45, 2.75) is 18.8 Å². The molecule has 3 aliphatic heterocycles. The van der Waals surface area contributed by atoms with Gasteiger partial charge in [-0.15, -0.1) is 11.3 Å². The van der Waals surface area contributed by atoms with Gasteiger partial charge in [-0.05, 0) is 25.0 Å². The van der Waals surface area contributed by atoms with Gasteiger partial charge in [-0.2, -0.15) is 5.26 Å². The molecule has 3 aliphatic rings. The number of fused-ring (bicyclic) bond motifs is 2. The normalized spacial score (nSPS) is 16.0. The third kappa shape index (κ3) is 2.01. The summed E-state index contributed by atoms with van der Waals surface area (Å²) in [5, 5.41) is 12.6. The zero-order valence-electron chi connectivity index (χ0n) is 13.5. The van der Waals surface area contributed by atoms with Crippen LogP contribution in [0.1, 0.15) is 30.0 Å². The maximum atomic E-state index is 9.78. The number of hydrogen-bond acceptors (Lipinski definition) is 6. The molecule has 1 fully saturated rings. The van der Waals surface area contributed by atoms with Crippen molar-refractivity contribution in [1.29, 1.82) is 5.26 Å². The molecule has 0 saturated carbocycles. The first-order chi connectivity index (χ1) is 12.3. The lowest BCUT2D eigenvalue weighted by Gasteiger charge is -2.42. The van der Waals surface area contributed by atoms with Gasteiger partial charge in [-0.25, -0.2) is 9.97 Å². The largest absolute Gasteiger partial charge is 0.383 e. The molecule has 0 spiro atoms. The van der Waals surface area contributed by atoms with Crippen LogP contribution in [0.2, 0.25) is 0 Å². The topological polar surface area (TPSA) is 83.8 Å². The molecule has 0 unspecified atom stereocenters. The highest BCUT2D eigenvalue weighted by Crippen LogP contribution is 2.48. The van der Waals surface area contributed by atoms with Crippen molar-refractivity contribution in [1.82, 2.24) is 14.5 Å². The Bertz CT molecular complexity index is 989. The Balaban J connectivity index is 1.84. The van der Waals surface area contributed by atoms with Crippen molar-refractivity contribution >= 4 is 22.8 Å². The van der Waals surface area contributed by atoms with Crippen LogP contribution in [0.15, 0.2) is 29.9 Å². The number of anilines is 2. The van der Waals surface area contributed by atoms with E-state index in [1.165, 1.54) is 0 Å².